The van der Waals surface area contributed by atoms with Crippen molar-refractivity contribution >= 4 is 11.3 Å². The first-order valence-electron chi connectivity index (χ1n) is 8.84. The second-order valence-corrected chi connectivity index (χ2v) is 7.80. The van der Waals surface area contributed by atoms with Gasteiger partial charge in [-0.2, -0.15) is 18.3 Å². The maximum absolute atomic E-state index is 13.2. The molecule has 0 aliphatic carbocycles. The van der Waals surface area contributed by atoms with E-state index in [1.807, 2.05) is 36.5 Å². The molecule has 142 valence electrons. The molecule has 3 heterocycles. The predicted octanol–water partition coefficient (Wildman–Crippen LogP) is 4.86. The second kappa shape index (κ2) is 7.44. The van der Waals surface area contributed by atoms with Gasteiger partial charge in [0.15, 0.2) is 0 Å². The lowest BCUT2D eigenvalue weighted by Crippen LogP contribution is -2.37. The Kier molecular flexibility index (Phi) is 5.01. The summed E-state index contributed by atoms with van der Waals surface area (Å²) in [5.74, 6) is 0. The summed E-state index contributed by atoms with van der Waals surface area (Å²) >= 11 is 1.63. The minimum atomic E-state index is -4.37. The lowest BCUT2D eigenvalue weighted by Gasteiger charge is -2.33. The van der Waals surface area contributed by atoms with Gasteiger partial charge in [-0.15, -0.1) is 11.3 Å². The van der Waals surface area contributed by atoms with Crippen molar-refractivity contribution in [1.82, 2.24) is 19.7 Å². The van der Waals surface area contributed by atoms with Crippen molar-refractivity contribution in [1.29, 1.82) is 0 Å². The summed E-state index contributed by atoms with van der Waals surface area (Å²) in [4.78, 5) is 7.80. The van der Waals surface area contributed by atoms with Gasteiger partial charge < -0.3 is 0 Å². The molecule has 0 spiro atoms. The fourth-order valence-electron chi connectivity index (χ4n) is 3.52. The first kappa shape index (κ1) is 18.2. The van der Waals surface area contributed by atoms with E-state index in [2.05, 4.69) is 15.0 Å². The zero-order valence-corrected chi connectivity index (χ0v) is 15.4. The van der Waals surface area contributed by atoms with Crippen LogP contribution in [0.15, 0.2) is 48.8 Å². The van der Waals surface area contributed by atoms with E-state index in [-0.39, 0.29) is 6.04 Å². The van der Waals surface area contributed by atoms with Gasteiger partial charge in [0.2, 0.25) is 0 Å². The second-order valence-electron chi connectivity index (χ2n) is 6.69. The summed E-state index contributed by atoms with van der Waals surface area (Å²) in [6.07, 6.45) is 0.287. The zero-order chi connectivity index (χ0) is 18.9. The summed E-state index contributed by atoms with van der Waals surface area (Å²) < 4.78 is 40.6. The molecule has 1 aliphatic rings. The molecule has 1 fully saturated rings. The van der Waals surface area contributed by atoms with Crippen LogP contribution in [0, 0.1) is 0 Å². The highest BCUT2D eigenvalue weighted by Crippen LogP contribution is 2.33. The Bertz CT molecular complexity index is 888. The number of hydrogen-bond donors (Lipinski definition) is 0. The summed E-state index contributed by atoms with van der Waals surface area (Å²) in [5, 5.41) is 4.92. The number of hydrogen-bond acceptors (Lipinski definition) is 4. The third-order valence-electron chi connectivity index (χ3n) is 4.74. The fraction of sp³-hybridized carbons (Fsp3) is 0.368. The minimum absolute atomic E-state index is 0.258. The zero-order valence-electron chi connectivity index (χ0n) is 14.6. The van der Waals surface area contributed by atoms with Gasteiger partial charge in [-0.05, 0) is 25.5 Å². The monoisotopic (exact) mass is 392 g/mol. The van der Waals surface area contributed by atoms with Crippen LogP contribution in [-0.4, -0.2) is 32.8 Å². The number of likely N-dealkylation sites (tertiary alicyclic amines) is 1. The molecular formula is C19H19F3N4S. The standard InChI is InChI=1S/C19H19F3N4S/c20-19(21,22)17-8-9-24-26(17)15-7-4-10-25(12-15)13-16-11-23-18(27-16)14-5-2-1-3-6-14/h1-3,5-6,8-9,11,15H,4,7,10,12-13H2/t15-/m1/s1. The molecule has 1 saturated heterocycles. The van der Waals surface area contributed by atoms with E-state index in [1.54, 1.807) is 11.3 Å². The van der Waals surface area contributed by atoms with Crippen LogP contribution in [0.2, 0.25) is 0 Å². The summed E-state index contributed by atoms with van der Waals surface area (Å²) in [6.45, 7) is 2.13. The van der Waals surface area contributed by atoms with Crippen LogP contribution < -0.4 is 0 Å². The molecule has 0 bridgehead atoms. The van der Waals surface area contributed by atoms with Gasteiger partial charge in [0.25, 0.3) is 0 Å². The normalized spacial score (nSPS) is 18.7. The van der Waals surface area contributed by atoms with Gasteiger partial charge in [-0.3, -0.25) is 9.58 Å². The minimum Gasteiger partial charge on any atom is -0.296 e. The van der Waals surface area contributed by atoms with Crippen molar-refractivity contribution in [3.63, 3.8) is 0 Å². The average molecular weight is 392 g/mol. The highest BCUT2D eigenvalue weighted by atomic mass is 32.1. The molecular weight excluding hydrogens is 373 g/mol. The Morgan fingerprint density at radius 3 is 2.74 bits per heavy atom. The summed E-state index contributed by atoms with van der Waals surface area (Å²) in [6, 6.07) is 10.8. The van der Waals surface area contributed by atoms with Crippen LogP contribution in [0.5, 0.6) is 0 Å². The van der Waals surface area contributed by atoms with Gasteiger partial charge in [-0.25, -0.2) is 4.98 Å². The number of piperidine rings is 1. The molecule has 2 aromatic heterocycles. The first-order valence-corrected chi connectivity index (χ1v) is 9.65. The molecule has 0 N–H and O–H groups in total. The number of aromatic nitrogens is 3. The Morgan fingerprint density at radius 2 is 1.96 bits per heavy atom. The molecule has 27 heavy (non-hydrogen) atoms. The lowest BCUT2D eigenvalue weighted by molar-refractivity contribution is -0.145. The van der Waals surface area contributed by atoms with Gasteiger partial charge in [-0.1, -0.05) is 30.3 Å². The maximum atomic E-state index is 13.2. The third kappa shape index (κ3) is 4.06. The Balaban J connectivity index is 1.45. The van der Waals surface area contributed by atoms with E-state index < -0.39 is 11.9 Å². The number of rotatable bonds is 4. The third-order valence-corrected chi connectivity index (χ3v) is 5.77. The Hall–Kier alpha value is -2.19. The average Bonchev–Trinajstić information content (AvgIpc) is 3.32. The van der Waals surface area contributed by atoms with E-state index in [1.165, 1.54) is 6.20 Å². The highest BCUT2D eigenvalue weighted by Gasteiger charge is 2.37. The van der Waals surface area contributed by atoms with Gasteiger partial charge >= 0.3 is 6.18 Å². The van der Waals surface area contributed by atoms with Gasteiger partial charge in [0, 0.05) is 35.9 Å². The van der Waals surface area contributed by atoms with E-state index in [9.17, 15) is 13.2 Å². The smallest absolute Gasteiger partial charge is 0.296 e. The van der Waals surface area contributed by atoms with Crippen molar-refractivity contribution in [2.24, 2.45) is 0 Å². The van der Waals surface area contributed by atoms with Crippen LogP contribution in [0.3, 0.4) is 0 Å². The van der Waals surface area contributed by atoms with Crippen molar-refractivity contribution in [2.45, 2.75) is 31.6 Å². The Morgan fingerprint density at radius 1 is 1.15 bits per heavy atom. The maximum Gasteiger partial charge on any atom is 0.433 e. The van der Waals surface area contributed by atoms with Crippen molar-refractivity contribution in [3.05, 3.63) is 59.4 Å². The molecule has 0 saturated carbocycles. The molecule has 4 nitrogen and oxygen atoms in total. The molecule has 1 atom stereocenters. The van der Waals surface area contributed by atoms with Crippen LogP contribution in [0.25, 0.3) is 10.6 Å². The van der Waals surface area contributed by atoms with Gasteiger partial charge in [0.1, 0.15) is 10.7 Å². The molecule has 1 aromatic carbocycles. The number of nitrogens with zero attached hydrogens (tertiary/aromatic N) is 4. The summed E-state index contributed by atoms with van der Waals surface area (Å²) in [7, 11) is 0. The molecule has 0 amide bonds. The van der Waals surface area contributed by atoms with Crippen molar-refractivity contribution in [3.8, 4) is 10.6 Å². The van der Waals surface area contributed by atoms with E-state index in [4.69, 9.17) is 0 Å². The number of halogens is 3. The number of thiazole rings is 1. The largest absolute Gasteiger partial charge is 0.433 e. The van der Waals surface area contributed by atoms with Crippen LogP contribution >= 0.6 is 11.3 Å². The van der Waals surface area contributed by atoms with Crippen LogP contribution in [-0.2, 0) is 12.7 Å². The molecule has 0 unspecified atom stereocenters. The van der Waals surface area contributed by atoms with Crippen molar-refractivity contribution < 1.29 is 13.2 Å². The Labute approximate surface area is 159 Å². The summed E-state index contributed by atoms with van der Waals surface area (Å²) in [5.41, 5.74) is 0.412. The molecule has 8 heteroatoms. The fourth-order valence-corrected chi connectivity index (χ4v) is 4.48. The molecule has 3 aromatic rings. The first-order chi connectivity index (χ1) is 13.0. The van der Waals surface area contributed by atoms with E-state index in [0.717, 1.165) is 39.2 Å². The van der Waals surface area contributed by atoms with E-state index in [0.29, 0.717) is 19.5 Å². The van der Waals surface area contributed by atoms with E-state index >= 15 is 0 Å². The van der Waals surface area contributed by atoms with Gasteiger partial charge in [0.05, 0.1) is 6.04 Å². The van der Waals surface area contributed by atoms with Crippen LogP contribution in [0.4, 0.5) is 13.2 Å². The highest BCUT2D eigenvalue weighted by molar-refractivity contribution is 7.15. The molecule has 0 radical (unpaired) electrons. The molecule has 1 aliphatic heterocycles. The lowest BCUT2D eigenvalue weighted by atomic mass is 10.1. The quantitative estimate of drug-likeness (QED) is 0.636. The van der Waals surface area contributed by atoms with Crippen LogP contribution in [0.1, 0.15) is 29.5 Å². The molecule has 4 rings (SSSR count). The topological polar surface area (TPSA) is 34.0 Å². The van der Waals surface area contributed by atoms with Crippen molar-refractivity contribution in [2.75, 3.05) is 13.1 Å². The number of alkyl halides is 3. The SMILES string of the molecule is FC(F)(F)c1ccnn1[C@@H]1CCCN(Cc2cnc(-c3ccccc3)s2)C1. The predicted molar refractivity (Wildman–Crippen MR) is 98.3 cm³/mol. The number of benzene rings is 1.